The maximum absolute atomic E-state index is 13.1. The van der Waals surface area contributed by atoms with E-state index in [9.17, 15) is 12.8 Å². The second-order valence-electron chi connectivity index (χ2n) is 4.60. The van der Waals surface area contributed by atoms with Crippen LogP contribution in [-0.4, -0.2) is 26.0 Å². The Morgan fingerprint density at radius 2 is 1.95 bits per heavy atom. The fourth-order valence-electron chi connectivity index (χ4n) is 1.86. The lowest BCUT2D eigenvalue weighted by Gasteiger charge is -2.29. The lowest BCUT2D eigenvalue weighted by atomic mass is 10.0. The van der Waals surface area contributed by atoms with Gasteiger partial charge in [-0.1, -0.05) is 13.8 Å². The quantitative estimate of drug-likeness (QED) is 0.758. The molecule has 1 aromatic rings. The first-order chi connectivity index (χ1) is 9.30. The van der Waals surface area contributed by atoms with E-state index in [-0.39, 0.29) is 15.3 Å². The Morgan fingerprint density at radius 1 is 1.35 bits per heavy atom. The highest BCUT2D eigenvalue weighted by Crippen LogP contribution is 2.30. The van der Waals surface area contributed by atoms with Crippen molar-refractivity contribution in [2.45, 2.75) is 36.3 Å². The van der Waals surface area contributed by atoms with Crippen LogP contribution in [0, 0.1) is 5.82 Å². The molecule has 1 rings (SSSR count). The Bertz CT molecular complexity index is 549. The molecule has 0 spiro atoms. The van der Waals surface area contributed by atoms with Gasteiger partial charge >= 0.3 is 0 Å². The number of nitrogens with two attached hydrogens (primary N) is 1. The molecular formula is C13H21FN2O2S2. The summed E-state index contributed by atoms with van der Waals surface area (Å²) in [5, 5.41) is 0. The van der Waals surface area contributed by atoms with Crippen LogP contribution in [0.25, 0.3) is 0 Å². The normalized spacial score (nSPS) is 12.6. The van der Waals surface area contributed by atoms with Crippen molar-refractivity contribution in [3.8, 4) is 0 Å². The lowest BCUT2D eigenvalue weighted by Crippen LogP contribution is -2.39. The molecule has 1 aromatic carbocycles. The van der Waals surface area contributed by atoms with Crippen molar-refractivity contribution >= 4 is 27.5 Å². The summed E-state index contributed by atoms with van der Waals surface area (Å²) >= 11 is 1.65. The third-order valence-corrected chi connectivity index (χ3v) is 6.57. The van der Waals surface area contributed by atoms with Gasteiger partial charge in [-0.25, -0.2) is 17.5 Å². The smallest absolute Gasteiger partial charge is 0.240 e. The Balaban J connectivity index is 2.92. The number of nitrogens with one attached hydrogen (secondary N) is 1. The summed E-state index contributed by atoms with van der Waals surface area (Å²) in [6.45, 7) is 4.40. The monoisotopic (exact) mass is 320 g/mol. The number of nitrogen functional groups attached to an aromatic ring is 1. The molecular weight excluding hydrogens is 299 g/mol. The number of rotatable bonds is 7. The number of hydrogen-bond donors (Lipinski definition) is 2. The van der Waals surface area contributed by atoms with Gasteiger partial charge in [-0.2, -0.15) is 11.8 Å². The van der Waals surface area contributed by atoms with E-state index in [1.54, 1.807) is 11.8 Å². The average molecular weight is 320 g/mol. The Morgan fingerprint density at radius 3 is 2.40 bits per heavy atom. The van der Waals surface area contributed by atoms with Crippen molar-refractivity contribution in [1.82, 2.24) is 4.72 Å². The van der Waals surface area contributed by atoms with Crippen molar-refractivity contribution in [3.63, 3.8) is 0 Å². The predicted octanol–water partition coefficient (Wildman–Crippen LogP) is 2.61. The van der Waals surface area contributed by atoms with Crippen LogP contribution in [0.1, 0.15) is 26.7 Å². The summed E-state index contributed by atoms with van der Waals surface area (Å²) in [4.78, 5) is -0.0152. The van der Waals surface area contributed by atoms with Crippen molar-refractivity contribution in [2.24, 2.45) is 0 Å². The highest BCUT2D eigenvalue weighted by atomic mass is 32.2. The molecule has 0 bridgehead atoms. The number of sulfonamides is 1. The van der Waals surface area contributed by atoms with Gasteiger partial charge in [0, 0.05) is 11.3 Å². The molecule has 0 aromatic heterocycles. The first kappa shape index (κ1) is 17.3. The lowest BCUT2D eigenvalue weighted by molar-refractivity contribution is 0.522. The fraction of sp³-hybridized carbons (Fsp3) is 0.538. The topological polar surface area (TPSA) is 72.2 Å². The molecule has 0 saturated carbocycles. The molecule has 20 heavy (non-hydrogen) atoms. The molecule has 0 aliphatic carbocycles. The Labute approximate surface area is 124 Å². The third-order valence-electron chi connectivity index (χ3n) is 3.58. The van der Waals surface area contributed by atoms with E-state index >= 15 is 0 Å². The molecule has 0 aliphatic heterocycles. The van der Waals surface area contributed by atoms with Crippen LogP contribution in [0.2, 0.25) is 0 Å². The average Bonchev–Trinajstić information content (AvgIpc) is 2.44. The molecule has 0 unspecified atom stereocenters. The summed E-state index contributed by atoms with van der Waals surface area (Å²) in [6.07, 6.45) is 3.69. The zero-order chi connectivity index (χ0) is 15.4. The van der Waals surface area contributed by atoms with Crippen LogP contribution in [0.3, 0.4) is 0 Å². The van der Waals surface area contributed by atoms with Crippen LogP contribution in [0.5, 0.6) is 0 Å². The maximum Gasteiger partial charge on any atom is 0.240 e. The van der Waals surface area contributed by atoms with Gasteiger partial charge in [-0.3, -0.25) is 0 Å². The van der Waals surface area contributed by atoms with Gasteiger partial charge < -0.3 is 5.73 Å². The van der Waals surface area contributed by atoms with Crippen molar-refractivity contribution in [2.75, 3.05) is 18.5 Å². The summed E-state index contributed by atoms with van der Waals surface area (Å²) in [6, 6.07) is 3.41. The molecule has 4 nitrogen and oxygen atoms in total. The van der Waals surface area contributed by atoms with Gasteiger partial charge in [0.15, 0.2) is 0 Å². The number of hydrogen-bond acceptors (Lipinski definition) is 4. The Hall–Kier alpha value is -0.790. The molecule has 114 valence electrons. The first-order valence-electron chi connectivity index (χ1n) is 6.40. The van der Waals surface area contributed by atoms with Crippen molar-refractivity contribution < 1.29 is 12.8 Å². The number of benzene rings is 1. The van der Waals surface area contributed by atoms with E-state index in [0.29, 0.717) is 6.54 Å². The first-order valence-corrected chi connectivity index (χ1v) is 9.11. The van der Waals surface area contributed by atoms with Crippen LogP contribution >= 0.6 is 11.8 Å². The summed E-state index contributed by atoms with van der Waals surface area (Å²) in [7, 11) is -3.67. The van der Waals surface area contributed by atoms with E-state index in [1.807, 2.05) is 20.1 Å². The summed E-state index contributed by atoms with van der Waals surface area (Å²) < 4.78 is 39.9. The van der Waals surface area contributed by atoms with Gasteiger partial charge in [0.1, 0.15) is 5.82 Å². The molecule has 3 N–H and O–H groups in total. The van der Waals surface area contributed by atoms with Gasteiger partial charge in [0.05, 0.1) is 10.6 Å². The van der Waals surface area contributed by atoms with Crippen molar-refractivity contribution in [1.29, 1.82) is 0 Å². The maximum atomic E-state index is 13.1. The molecule has 0 fully saturated rings. The summed E-state index contributed by atoms with van der Waals surface area (Å²) in [5.74, 6) is -0.621. The van der Waals surface area contributed by atoms with Crippen LogP contribution < -0.4 is 10.5 Å². The number of halogens is 1. The minimum atomic E-state index is -3.67. The molecule has 0 heterocycles. The standard InChI is InChI=1S/C13H21FN2O2S2/c1-4-13(5-2,19-3)9-16-20(17,18)10-6-7-11(14)12(15)8-10/h6-8,16H,4-5,9,15H2,1-3H3. The highest BCUT2D eigenvalue weighted by molar-refractivity contribution is 8.00. The van der Waals surface area contributed by atoms with Crippen LogP contribution in [0.15, 0.2) is 23.1 Å². The van der Waals surface area contributed by atoms with Gasteiger partial charge in [0.25, 0.3) is 0 Å². The fourth-order valence-corrected chi connectivity index (χ4v) is 3.91. The molecule has 7 heteroatoms. The van der Waals surface area contributed by atoms with E-state index < -0.39 is 15.8 Å². The number of thioether (sulfide) groups is 1. The van der Waals surface area contributed by atoms with Crippen molar-refractivity contribution in [3.05, 3.63) is 24.0 Å². The van der Waals surface area contributed by atoms with Gasteiger partial charge in [-0.15, -0.1) is 0 Å². The van der Waals surface area contributed by atoms with Gasteiger partial charge in [0.2, 0.25) is 10.0 Å². The second-order valence-corrected chi connectivity index (χ2v) is 7.64. The molecule has 0 atom stereocenters. The predicted molar refractivity (Wildman–Crippen MR) is 82.8 cm³/mol. The molecule has 0 aliphatic rings. The zero-order valence-electron chi connectivity index (χ0n) is 11.9. The largest absolute Gasteiger partial charge is 0.396 e. The molecule has 0 radical (unpaired) electrons. The minimum Gasteiger partial charge on any atom is -0.396 e. The molecule has 0 amide bonds. The van der Waals surface area contributed by atoms with Gasteiger partial charge in [-0.05, 0) is 37.3 Å². The number of anilines is 1. The van der Waals surface area contributed by atoms with E-state index in [4.69, 9.17) is 5.73 Å². The molecule has 0 saturated heterocycles. The van der Waals surface area contributed by atoms with E-state index in [1.165, 1.54) is 6.07 Å². The minimum absolute atomic E-state index is 0.0152. The zero-order valence-corrected chi connectivity index (χ0v) is 13.6. The third kappa shape index (κ3) is 3.86. The highest BCUT2D eigenvalue weighted by Gasteiger charge is 2.27. The van der Waals surface area contributed by atoms with E-state index in [0.717, 1.165) is 25.0 Å². The van der Waals surface area contributed by atoms with E-state index in [2.05, 4.69) is 4.72 Å². The van der Waals surface area contributed by atoms with Crippen LogP contribution in [-0.2, 0) is 10.0 Å². The SMILES string of the molecule is CCC(CC)(CNS(=O)(=O)c1ccc(F)c(N)c1)SC. The summed E-state index contributed by atoms with van der Waals surface area (Å²) in [5.41, 5.74) is 5.24. The van der Waals surface area contributed by atoms with Crippen LogP contribution in [0.4, 0.5) is 10.1 Å². The second kappa shape index (κ2) is 6.78. The Kier molecular flexibility index (Phi) is 5.85.